The Morgan fingerprint density at radius 1 is 1.24 bits per heavy atom. The maximum Gasteiger partial charge on any atom is 0.191 e. The van der Waals surface area contributed by atoms with Gasteiger partial charge in [-0.15, -0.1) is 11.3 Å². The highest BCUT2D eigenvalue weighted by molar-refractivity contribution is 7.09. The average molecular weight is 302 g/mol. The van der Waals surface area contributed by atoms with Gasteiger partial charge in [-0.05, 0) is 25.3 Å². The molecule has 0 amide bonds. The molecule has 0 aliphatic heterocycles. The number of benzene rings is 1. The van der Waals surface area contributed by atoms with Gasteiger partial charge < -0.3 is 10.6 Å². The van der Waals surface area contributed by atoms with E-state index in [1.165, 1.54) is 10.4 Å². The molecule has 0 bridgehead atoms. The highest BCUT2D eigenvalue weighted by Gasteiger charge is 2.02. The minimum Gasteiger partial charge on any atom is -0.356 e. The number of aromatic nitrogens is 1. The van der Waals surface area contributed by atoms with Gasteiger partial charge in [0.25, 0.3) is 0 Å². The molecule has 1 aromatic heterocycles. The van der Waals surface area contributed by atoms with Crippen LogP contribution in [0.1, 0.15) is 22.6 Å². The molecule has 0 fully saturated rings. The molecule has 112 valence electrons. The lowest BCUT2D eigenvalue weighted by Gasteiger charge is -2.11. The third-order valence-electron chi connectivity index (χ3n) is 3.26. The molecule has 0 spiro atoms. The van der Waals surface area contributed by atoms with Crippen molar-refractivity contribution in [2.75, 3.05) is 13.6 Å². The summed E-state index contributed by atoms with van der Waals surface area (Å²) in [6.45, 7) is 3.72. The smallest absolute Gasteiger partial charge is 0.191 e. The SMILES string of the molecule is CN=C(NCCCc1ccccc1)NCc1scnc1C. The minimum absolute atomic E-state index is 0.773. The lowest BCUT2D eigenvalue weighted by Crippen LogP contribution is -2.37. The first kappa shape index (κ1) is 15.5. The Hall–Kier alpha value is -1.88. The fourth-order valence-corrected chi connectivity index (χ4v) is 2.74. The zero-order valence-corrected chi connectivity index (χ0v) is 13.4. The number of aryl methyl sites for hydroxylation is 2. The first-order valence-electron chi connectivity index (χ1n) is 7.17. The number of rotatable bonds is 6. The van der Waals surface area contributed by atoms with Crippen molar-refractivity contribution in [1.29, 1.82) is 0 Å². The number of guanidine groups is 1. The van der Waals surface area contributed by atoms with Gasteiger partial charge in [0.2, 0.25) is 0 Å². The first-order valence-corrected chi connectivity index (χ1v) is 8.05. The quantitative estimate of drug-likeness (QED) is 0.490. The molecule has 21 heavy (non-hydrogen) atoms. The summed E-state index contributed by atoms with van der Waals surface area (Å²) >= 11 is 1.67. The van der Waals surface area contributed by atoms with Crippen molar-refractivity contribution in [3.63, 3.8) is 0 Å². The number of aliphatic imine (C=N–C) groups is 1. The lowest BCUT2D eigenvalue weighted by atomic mass is 10.1. The van der Waals surface area contributed by atoms with Crippen LogP contribution in [0.5, 0.6) is 0 Å². The third kappa shape index (κ3) is 5.19. The van der Waals surface area contributed by atoms with Gasteiger partial charge in [-0.3, -0.25) is 4.99 Å². The molecule has 0 aliphatic carbocycles. The van der Waals surface area contributed by atoms with Crippen molar-refractivity contribution in [3.05, 3.63) is 52.0 Å². The highest BCUT2D eigenvalue weighted by Crippen LogP contribution is 2.10. The fraction of sp³-hybridized carbons (Fsp3) is 0.375. The Balaban J connectivity index is 1.67. The van der Waals surface area contributed by atoms with Gasteiger partial charge >= 0.3 is 0 Å². The van der Waals surface area contributed by atoms with Gasteiger partial charge in [0.05, 0.1) is 17.7 Å². The number of hydrogen-bond donors (Lipinski definition) is 2. The van der Waals surface area contributed by atoms with E-state index >= 15 is 0 Å². The van der Waals surface area contributed by atoms with Crippen LogP contribution < -0.4 is 10.6 Å². The van der Waals surface area contributed by atoms with Crippen LogP contribution in [0, 0.1) is 6.92 Å². The van der Waals surface area contributed by atoms with Crippen LogP contribution in [0.4, 0.5) is 0 Å². The summed E-state index contributed by atoms with van der Waals surface area (Å²) in [4.78, 5) is 9.74. The second-order valence-electron chi connectivity index (χ2n) is 4.80. The summed E-state index contributed by atoms with van der Waals surface area (Å²) in [6.07, 6.45) is 2.17. The normalized spacial score (nSPS) is 11.4. The first-order chi connectivity index (χ1) is 10.3. The molecule has 0 atom stereocenters. The second-order valence-corrected chi connectivity index (χ2v) is 5.74. The van der Waals surface area contributed by atoms with E-state index in [1.54, 1.807) is 18.4 Å². The predicted molar refractivity (Wildman–Crippen MR) is 89.8 cm³/mol. The van der Waals surface area contributed by atoms with Crippen molar-refractivity contribution in [1.82, 2.24) is 15.6 Å². The van der Waals surface area contributed by atoms with Crippen molar-refractivity contribution in [3.8, 4) is 0 Å². The molecular formula is C16H22N4S. The van der Waals surface area contributed by atoms with Crippen LogP contribution in [0.3, 0.4) is 0 Å². The summed E-state index contributed by atoms with van der Waals surface area (Å²) < 4.78 is 0. The lowest BCUT2D eigenvalue weighted by molar-refractivity contribution is 0.743. The van der Waals surface area contributed by atoms with Crippen LogP contribution in [-0.4, -0.2) is 24.5 Å². The van der Waals surface area contributed by atoms with Crippen LogP contribution in [0.2, 0.25) is 0 Å². The van der Waals surface area contributed by atoms with Gasteiger partial charge in [-0.2, -0.15) is 0 Å². The molecule has 2 rings (SSSR count). The molecule has 0 radical (unpaired) electrons. The number of nitrogens with one attached hydrogen (secondary N) is 2. The zero-order valence-electron chi connectivity index (χ0n) is 12.6. The van der Waals surface area contributed by atoms with Gasteiger partial charge in [0.1, 0.15) is 0 Å². The van der Waals surface area contributed by atoms with Gasteiger partial charge in [-0.25, -0.2) is 4.98 Å². The van der Waals surface area contributed by atoms with E-state index in [2.05, 4.69) is 50.9 Å². The predicted octanol–water partition coefficient (Wildman–Crippen LogP) is 2.75. The minimum atomic E-state index is 0.773. The fourth-order valence-electron chi connectivity index (χ4n) is 2.02. The van der Waals surface area contributed by atoms with Crippen LogP contribution in [0.25, 0.3) is 0 Å². The molecule has 1 aromatic carbocycles. The van der Waals surface area contributed by atoms with Crippen LogP contribution >= 0.6 is 11.3 Å². The van der Waals surface area contributed by atoms with Crippen LogP contribution in [-0.2, 0) is 13.0 Å². The molecule has 0 aliphatic rings. The van der Waals surface area contributed by atoms with Gasteiger partial charge in [0, 0.05) is 18.5 Å². The largest absolute Gasteiger partial charge is 0.356 e. The van der Waals surface area contributed by atoms with Crippen molar-refractivity contribution >= 4 is 17.3 Å². The average Bonchev–Trinajstić information content (AvgIpc) is 2.93. The van der Waals surface area contributed by atoms with Crippen LogP contribution in [0.15, 0.2) is 40.8 Å². The standard InChI is InChI=1S/C16H22N4S/c1-13-15(21-12-20-13)11-19-16(17-2)18-10-6-9-14-7-4-3-5-8-14/h3-5,7-8,12H,6,9-11H2,1-2H3,(H2,17,18,19). The maximum absolute atomic E-state index is 4.25. The highest BCUT2D eigenvalue weighted by atomic mass is 32.1. The molecule has 2 aromatic rings. The van der Waals surface area contributed by atoms with Crippen molar-refractivity contribution in [2.45, 2.75) is 26.3 Å². The van der Waals surface area contributed by atoms with E-state index in [1.807, 2.05) is 12.4 Å². The molecule has 4 nitrogen and oxygen atoms in total. The Morgan fingerprint density at radius 3 is 2.71 bits per heavy atom. The molecule has 0 saturated heterocycles. The molecule has 0 saturated carbocycles. The third-order valence-corrected chi connectivity index (χ3v) is 4.20. The van der Waals surface area contributed by atoms with E-state index < -0.39 is 0 Å². The summed E-state index contributed by atoms with van der Waals surface area (Å²) in [6, 6.07) is 10.6. The van der Waals surface area contributed by atoms with E-state index in [-0.39, 0.29) is 0 Å². The van der Waals surface area contributed by atoms with Gasteiger partial charge in [-0.1, -0.05) is 30.3 Å². The maximum atomic E-state index is 4.25. The molecule has 5 heteroatoms. The Bertz CT molecular complexity index is 563. The Morgan fingerprint density at radius 2 is 2.05 bits per heavy atom. The number of hydrogen-bond acceptors (Lipinski definition) is 3. The van der Waals surface area contributed by atoms with E-state index in [0.717, 1.165) is 37.6 Å². The number of thiazole rings is 1. The Kier molecular flexibility index (Phi) is 6.22. The van der Waals surface area contributed by atoms with E-state index in [9.17, 15) is 0 Å². The molecular weight excluding hydrogens is 280 g/mol. The molecule has 2 N–H and O–H groups in total. The Labute approximate surface area is 130 Å². The molecule has 1 heterocycles. The summed E-state index contributed by atoms with van der Waals surface area (Å²) in [5.41, 5.74) is 4.34. The summed E-state index contributed by atoms with van der Waals surface area (Å²) in [5, 5.41) is 6.67. The van der Waals surface area contributed by atoms with Gasteiger partial charge in [0.15, 0.2) is 5.96 Å². The zero-order chi connectivity index (χ0) is 14.9. The summed E-state index contributed by atoms with van der Waals surface area (Å²) in [7, 11) is 1.80. The van der Waals surface area contributed by atoms with E-state index in [0.29, 0.717) is 0 Å². The monoisotopic (exact) mass is 302 g/mol. The topological polar surface area (TPSA) is 49.3 Å². The second kappa shape index (κ2) is 8.42. The summed E-state index contributed by atoms with van der Waals surface area (Å²) in [5.74, 6) is 0.843. The molecule has 0 unspecified atom stereocenters. The van der Waals surface area contributed by atoms with E-state index in [4.69, 9.17) is 0 Å². The van der Waals surface area contributed by atoms with Crippen molar-refractivity contribution in [2.24, 2.45) is 4.99 Å². The van der Waals surface area contributed by atoms with Crippen molar-refractivity contribution < 1.29 is 0 Å². The number of nitrogens with zero attached hydrogens (tertiary/aromatic N) is 2.